The third kappa shape index (κ3) is 15.2. The molecular formula is C91H104N15+7. The molecule has 0 bridgehead atoms. The molecule has 0 saturated heterocycles. The largest absolute Gasteiger partial charge is 0.342 e. The number of rotatable bonds is 10. The summed E-state index contributed by atoms with van der Waals surface area (Å²) in [7, 11) is 18.9. The van der Waals surface area contributed by atoms with Crippen LogP contribution in [0.5, 0.6) is 0 Å². The lowest BCUT2D eigenvalue weighted by Crippen LogP contribution is -2.45. The number of benzene rings is 6. The first-order valence-corrected chi connectivity index (χ1v) is 36.6. The fourth-order valence-electron chi connectivity index (χ4n) is 14.5. The molecule has 15 nitrogen and oxygen atoms in total. The molecule has 15 heteroatoms. The van der Waals surface area contributed by atoms with E-state index in [1.807, 2.05) is 31.4 Å². The van der Waals surface area contributed by atoms with Crippen LogP contribution >= 0.6 is 0 Å². The van der Waals surface area contributed by atoms with Gasteiger partial charge in [-0.25, -0.2) is 33.0 Å². The summed E-state index contributed by atoms with van der Waals surface area (Å²) < 4.78 is 19.6. The summed E-state index contributed by atoms with van der Waals surface area (Å²) in [6.07, 6.45) is 19.8. The fraction of sp³-hybridized carbons (Fsp3) is 0.220. The minimum Gasteiger partial charge on any atom is -0.339 e. The summed E-state index contributed by atoms with van der Waals surface area (Å²) in [5.41, 5.74) is 21.3. The Kier molecular flexibility index (Phi) is 22.6. The highest BCUT2D eigenvalue weighted by atomic mass is 15.4. The molecule has 10 heterocycles. The van der Waals surface area contributed by atoms with E-state index >= 15 is 0 Å². The molecule has 0 aliphatic carbocycles. The monoisotopic (exact) mass is 1410 g/mol. The van der Waals surface area contributed by atoms with Crippen LogP contribution in [0.4, 0.5) is 34.5 Å². The van der Waals surface area contributed by atoms with E-state index in [1.165, 1.54) is 113 Å². The SMILES string of the molecule is Cc1ccccc1-c1cccc(-n2ccc[n+]2C)[n+]1C.Cc1ccccc1-c1cccc(N2C=CN(C)[C@@H]2C)[n+]1C.Cc1ccccc1-c1cccc(N2c3ccccc3N(C)[C@@H]2C)[n+]1C.Cc1ccccc1-n1ccc(-c2cccc[n+]2C)[n+]1C.Cc1ccccc1N1C=CN(c2cccc[n+]2C)[C@@H]1C. The second kappa shape index (κ2) is 32.6. The molecule has 3 atom stereocenters. The molecule has 0 spiro atoms. The van der Waals surface area contributed by atoms with Gasteiger partial charge in [-0.05, 0) is 161 Å². The Bertz CT molecular complexity index is 5180. The average Bonchev–Trinajstić information content (AvgIpc) is 1.60. The van der Waals surface area contributed by atoms with E-state index in [0.29, 0.717) is 6.17 Å². The Morgan fingerprint density at radius 1 is 0.283 bits per heavy atom. The first-order valence-electron chi connectivity index (χ1n) is 36.6. The Balaban J connectivity index is 0.000000125. The minimum absolute atomic E-state index is 0.268. The molecule has 106 heavy (non-hydrogen) atoms. The molecule has 0 N–H and O–H groups in total. The maximum atomic E-state index is 2.41. The quantitative estimate of drug-likeness (QED) is 0.127. The summed E-state index contributed by atoms with van der Waals surface area (Å²) in [5.74, 6) is 4.72. The zero-order valence-electron chi connectivity index (χ0n) is 64.8. The predicted molar refractivity (Wildman–Crippen MR) is 430 cm³/mol. The zero-order chi connectivity index (χ0) is 74.9. The Morgan fingerprint density at radius 2 is 0.708 bits per heavy atom. The van der Waals surface area contributed by atoms with Crippen molar-refractivity contribution in [1.82, 2.24) is 14.3 Å². The highest BCUT2D eigenvalue weighted by Crippen LogP contribution is 2.42. The molecule has 0 amide bonds. The number of fused-ring (bicyclic) bond motifs is 1. The van der Waals surface area contributed by atoms with Crippen molar-refractivity contribution in [3.05, 3.63) is 332 Å². The Morgan fingerprint density at radius 3 is 1.23 bits per heavy atom. The van der Waals surface area contributed by atoms with Gasteiger partial charge in [0.25, 0.3) is 23.1 Å². The summed E-state index contributed by atoms with van der Waals surface area (Å²) in [6, 6.07) is 87.3. The second-order valence-corrected chi connectivity index (χ2v) is 27.7. The average molecular weight is 1410 g/mol. The highest BCUT2D eigenvalue weighted by molar-refractivity contribution is 5.82. The van der Waals surface area contributed by atoms with Crippen molar-refractivity contribution in [2.24, 2.45) is 49.3 Å². The van der Waals surface area contributed by atoms with Gasteiger partial charge in [0.15, 0.2) is 50.7 Å². The number of aromatic nitrogens is 9. The number of nitrogens with zero attached hydrogens (tertiary/aromatic N) is 15. The summed E-state index contributed by atoms with van der Waals surface area (Å²) in [4.78, 5) is 13.8. The fourth-order valence-corrected chi connectivity index (χ4v) is 14.5. The number of aryl methyl sites for hydroxylation is 8. The maximum Gasteiger partial charge on any atom is 0.342 e. The molecule has 3 aliphatic heterocycles. The van der Waals surface area contributed by atoms with Crippen LogP contribution in [0.3, 0.4) is 0 Å². The van der Waals surface area contributed by atoms with E-state index in [1.54, 1.807) is 0 Å². The van der Waals surface area contributed by atoms with E-state index in [2.05, 4.69) is 463 Å². The predicted octanol–water partition coefficient (Wildman–Crippen LogP) is 14.6. The van der Waals surface area contributed by atoms with Crippen molar-refractivity contribution in [3.63, 3.8) is 0 Å². The smallest absolute Gasteiger partial charge is 0.339 e. The number of anilines is 6. The van der Waals surface area contributed by atoms with Crippen LogP contribution < -0.4 is 56.7 Å². The van der Waals surface area contributed by atoms with Gasteiger partial charge in [-0.2, -0.15) is 4.57 Å². The normalized spacial score (nSPS) is 14.7. The van der Waals surface area contributed by atoms with Gasteiger partial charge in [0.05, 0.1) is 52.3 Å². The maximum absolute atomic E-state index is 2.41. The highest BCUT2D eigenvalue weighted by Gasteiger charge is 2.40. The molecular weight excluding hydrogens is 1300 g/mol. The molecule has 6 aromatic carbocycles. The van der Waals surface area contributed by atoms with Crippen LogP contribution in [0.1, 0.15) is 48.6 Å². The van der Waals surface area contributed by atoms with Gasteiger partial charge in [-0.3, -0.25) is 0 Å². The zero-order valence-corrected chi connectivity index (χ0v) is 64.8. The van der Waals surface area contributed by atoms with E-state index in [9.17, 15) is 0 Å². The first kappa shape index (κ1) is 73.5. The molecule has 0 unspecified atom stereocenters. The molecule has 536 valence electrons. The number of hydrogen-bond acceptors (Lipinski definition) is 6. The lowest BCUT2D eigenvalue weighted by molar-refractivity contribution is -0.763. The van der Waals surface area contributed by atoms with Crippen molar-refractivity contribution in [2.45, 2.75) is 73.9 Å². The van der Waals surface area contributed by atoms with Gasteiger partial charge in [-0.1, -0.05) is 132 Å². The van der Waals surface area contributed by atoms with Gasteiger partial charge in [0.1, 0.15) is 42.2 Å². The molecule has 7 aromatic heterocycles. The number of pyridine rings is 5. The van der Waals surface area contributed by atoms with Gasteiger partial charge >= 0.3 is 11.5 Å². The van der Waals surface area contributed by atoms with Gasteiger partial charge in [0, 0.05) is 96.0 Å². The molecule has 0 fully saturated rings. The van der Waals surface area contributed by atoms with Gasteiger partial charge in [-0.15, -0.1) is 4.68 Å². The Hall–Kier alpha value is -12.2. The van der Waals surface area contributed by atoms with Crippen LogP contribution in [0.15, 0.2) is 305 Å². The third-order valence-corrected chi connectivity index (χ3v) is 21.0. The molecule has 0 saturated carbocycles. The van der Waals surface area contributed by atoms with Gasteiger partial charge < -0.3 is 14.7 Å². The molecule has 0 radical (unpaired) electrons. The minimum atomic E-state index is 0.268. The first-order chi connectivity index (χ1) is 51.2. The third-order valence-electron chi connectivity index (χ3n) is 21.0. The standard InChI is InChI=1S/C22H24N3.C18H22N3.2C17H19N3.C17H20N3/c1-16-10-5-6-11-18(16)19-14-9-15-22(24(19)4)25-17(2)23(3)20-12-7-8-13-21(20)25;1-14-8-5-6-9-16(14)17-10-7-11-18(20(17)4)21-13-12-19(3)15(21)2;1-14-8-4-5-9-15(14)16-10-6-11-17(19(16)3)20-13-7-12-18(20)2;1-14-8-4-5-9-15(14)20-13-11-17(19(20)3)16-10-6-7-12-18(16)2;1-14-8-4-5-9-16(14)19-12-13-20(15(19)2)17-10-6-7-11-18(17)3/h5-15,17H,1-4H3;5-13,15H,1-4H3;2*4-13H,1-3H3;4-13,15H,1-3H3/q2*+1;2*+2;+1/t17-;15-;;;15-/m00..1/s1. The summed E-state index contributed by atoms with van der Waals surface area (Å²) in [6.45, 7) is 17.5. The van der Waals surface area contributed by atoms with Crippen LogP contribution in [-0.4, -0.2) is 46.9 Å². The second-order valence-electron chi connectivity index (χ2n) is 27.7. The van der Waals surface area contributed by atoms with Crippen molar-refractivity contribution < 1.29 is 32.2 Å². The van der Waals surface area contributed by atoms with Crippen molar-refractivity contribution >= 4 is 34.5 Å². The lowest BCUT2D eigenvalue weighted by Gasteiger charge is -2.26. The van der Waals surface area contributed by atoms with Gasteiger partial charge in [0.2, 0.25) is 6.20 Å². The van der Waals surface area contributed by atoms with Crippen LogP contribution in [0, 0.1) is 34.6 Å². The molecule has 13 aromatic rings. The summed E-state index contributed by atoms with van der Waals surface area (Å²) >= 11 is 0. The van der Waals surface area contributed by atoms with Crippen molar-refractivity contribution in [2.75, 3.05) is 38.6 Å². The van der Waals surface area contributed by atoms with Crippen LogP contribution in [0.25, 0.3) is 56.7 Å². The van der Waals surface area contributed by atoms with E-state index in [0.717, 1.165) is 5.82 Å². The van der Waals surface area contributed by atoms with Crippen LogP contribution in [-0.2, 0) is 49.3 Å². The van der Waals surface area contributed by atoms with Crippen molar-refractivity contribution in [3.8, 4) is 56.7 Å². The van der Waals surface area contributed by atoms with E-state index in [4.69, 9.17) is 0 Å². The molecule has 16 rings (SSSR count). The summed E-state index contributed by atoms with van der Waals surface area (Å²) in [5, 5.41) is 0. The van der Waals surface area contributed by atoms with E-state index < -0.39 is 0 Å². The molecule has 3 aliphatic rings. The lowest BCUT2D eigenvalue weighted by atomic mass is 10.0. The number of hydrogen-bond donors (Lipinski definition) is 0. The number of para-hydroxylation sites is 4. The van der Waals surface area contributed by atoms with E-state index in [-0.39, 0.29) is 12.3 Å². The Labute approximate surface area is 628 Å². The van der Waals surface area contributed by atoms with Crippen LogP contribution in [0.2, 0.25) is 0 Å². The van der Waals surface area contributed by atoms with Crippen molar-refractivity contribution in [1.29, 1.82) is 0 Å². The topological polar surface area (TPSA) is 56.5 Å².